The Balaban J connectivity index is 1.47. The number of para-hydroxylation sites is 1. The minimum Gasteiger partial charge on any atom is -0.341 e. The van der Waals surface area contributed by atoms with Crippen LogP contribution >= 0.6 is 11.3 Å². The molecule has 0 N–H and O–H groups in total. The van der Waals surface area contributed by atoms with Crippen molar-refractivity contribution in [1.82, 2.24) is 14.5 Å². The minimum atomic E-state index is -0.449. The van der Waals surface area contributed by atoms with Crippen molar-refractivity contribution in [2.24, 2.45) is 0 Å². The molecule has 0 saturated heterocycles. The van der Waals surface area contributed by atoms with E-state index in [9.17, 15) is 19.7 Å². The third kappa shape index (κ3) is 3.85. The summed E-state index contributed by atoms with van der Waals surface area (Å²) in [7, 11) is 1.61. The average Bonchev–Trinajstić information content (AvgIpc) is 3.12. The van der Waals surface area contributed by atoms with Crippen LogP contribution in [0.1, 0.15) is 35.3 Å². The monoisotopic (exact) mass is 426 g/mol. The van der Waals surface area contributed by atoms with Crippen molar-refractivity contribution in [1.29, 1.82) is 0 Å². The summed E-state index contributed by atoms with van der Waals surface area (Å²) < 4.78 is 1.50. The zero-order chi connectivity index (χ0) is 21.3. The van der Waals surface area contributed by atoms with Gasteiger partial charge >= 0.3 is 0 Å². The molecule has 0 spiro atoms. The lowest BCUT2D eigenvalue weighted by Crippen LogP contribution is -2.29. The van der Waals surface area contributed by atoms with Crippen LogP contribution < -0.4 is 5.56 Å². The van der Waals surface area contributed by atoms with Gasteiger partial charge in [0, 0.05) is 36.5 Å². The molecule has 3 aromatic rings. The van der Waals surface area contributed by atoms with Crippen molar-refractivity contribution in [3.05, 3.63) is 67.1 Å². The molecule has 1 aliphatic carbocycles. The zero-order valence-electron chi connectivity index (χ0n) is 16.7. The van der Waals surface area contributed by atoms with Gasteiger partial charge in [0.15, 0.2) is 0 Å². The Bertz CT molecular complexity index is 1180. The maximum Gasteiger partial charge on any atom is 0.274 e. The van der Waals surface area contributed by atoms with E-state index in [1.54, 1.807) is 36.6 Å². The lowest BCUT2D eigenvalue weighted by molar-refractivity contribution is -0.385. The number of amides is 1. The first-order chi connectivity index (χ1) is 14.5. The van der Waals surface area contributed by atoms with Crippen LogP contribution in [-0.4, -0.2) is 32.3 Å². The maximum atomic E-state index is 13.0. The topological polar surface area (TPSA) is 98.3 Å². The second-order valence-corrected chi connectivity index (χ2v) is 8.60. The van der Waals surface area contributed by atoms with Crippen molar-refractivity contribution >= 4 is 33.1 Å². The van der Waals surface area contributed by atoms with Crippen molar-refractivity contribution < 1.29 is 9.72 Å². The van der Waals surface area contributed by atoms with Gasteiger partial charge in [-0.25, -0.2) is 4.98 Å². The number of hydrogen-bond donors (Lipinski definition) is 0. The quantitative estimate of drug-likeness (QED) is 0.445. The Morgan fingerprint density at radius 1 is 1.30 bits per heavy atom. The SMILES string of the molecule is CN(Cc1ccccc1[N+](=O)[O-])C(=O)CCn1cnc2sc3c(c2c1=O)CCCC3. The number of aromatic nitrogens is 2. The van der Waals surface area contributed by atoms with Gasteiger partial charge in [0.2, 0.25) is 5.91 Å². The van der Waals surface area contributed by atoms with E-state index in [1.165, 1.54) is 26.7 Å². The van der Waals surface area contributed by atoms with Crippen LogP contribution in [0.5, 0.6) is 0 Å². The number of hydrogen-bond acceptors (Lipinski definition) is 6. The molecule has 0 saturated carbocycles. The summed E-state index contributed by atoms with van der Waals surface area (Å²) in [5, 5.41) is 11.9. The molecule has 2 aromatic heterocycles. The summed E-state index contributed by atoms with van der Waals surface area (Å²) in [6, 6.07) is 6.38. The molecular weight excluding hydrogens is 404 g/mol. The van der Waals surface area contributed by atoms with Gasteiger partial charge < -0.3 is 4.90 Å². The Hall–Kier alpha value is -3.07. The van der Waals surface area contributed by atoms with E-state index >= 15 is 0 Å². The normalized spacial score (nSPS) is 13.2. The van der Waals surface area contributed by atoms with Gasteiger partial charge in [-0.15, -0.1) is 11.3 Å². The van der Waals surface area contributed by atoms with Gasteiger partial charge in [0.05, 0.1) is 23.2 Å². The summed E-state index contributed by atoms with van der Waals surface area (Å²) in [5.74, 6) is -0.188. The fourth-order valence-corrected chi connectivity index (χ4v) is 5.13. The molecule has 8 nitrogen and oxygen atoms in total. The number of fused-ring (bicyclic) bond motifs is 3. The third-order valence-corrected chi connectivity index (χ3v) is 6.73. The Morgan fingerprint density at radius 2 is 2.07 bits per heavy atom. The smallest absolute Gasteiger partial charge is 0.274 e. The van der Waals surface area contributed by atoms with E-state index in [2.05, 4.69) is 4.98 Å². The fraction of sp³-hybridized carbons (Fsp3) is 0.381. The van der Waals surface area contributed by atoms with Crippen LogP contribution in [0.15, 0.2) is 35.4 Å². The molecular formula is C21H22N4O4S. The van der Waals surface area contributed by atoms with E-state index in [1.807, 2.05) is 0 Å². The molecule has 2 heterocycles. The molecule has 30 heavy (non-hydrogen) atoms. The highest BCUT2D eigenvalue weighted by Crippen LogP contribution is 2.33. The fourth-order valence-electron chi connectivity index (χ4n) is 3.91. The average molecular weight is 426 g/mol. The van der Waals surface area contributed by atoms with Crippen LogP contribution in [0.3, 0.4) is 0 Å². The van der Waals surface area contributed by atoms with E-state index in [4.69, 9.17) is 0 Å². The third-order valence-electron chi connectivity index (χ3n) is 5.53. The lowest BCUT2D eigenvalue weighted by atomic mass is 9.97. The molecule has 0 atom stereocenters. The summed E-state index contributed by atoms with van der Waals surface area (Å²) in [6.45, 7) is 0.368. The number of nitro groups is 1. The van der Waals surface area contributed by atoms with Crippen molar-refractivity contribution in [2.75, 3.05) is 7.05 Å². The predicted octanol–water partition coefficient (Wildman–Crippen LogP) is 3.29. The van der Waals surface area contributed by atoms with Gasteiger partial charge in [-0.2, -0.15) is 0 Å². The molecule has 0 unspecified atom stereocenters. The zero-order valence-corrected chi connectivity index (χ0v) is 17.5. The highest BCUT2D eigenvalue weighted by atomic mass is 32.1. The number of aryl methyl sites for hydroxylation is 3. The summed E-state index contributed by atoms with van der Waals surface area (Å²) in [6.07, 6.45) is 5.79. The molecule has 0 bridgehead atoms. The highest BCUT2D eigenvalue weighted by molar-refractivity contribution is 7.18. The molecule has 1 amide bonds. The predicted molar refractivity (Wildman–Crippen MR) is 115 cm³/mol. The van der Waals surface area contributed by atoms with Crippen LogP contribution in [0.2, 0.25) is 0 Å². The van der Waals surface area contributed by atoms with Gasteiger partial charge in [-0.1, -0.05) is 18.2 Å². The molecule has 0 fully saturated rings. The van der Waals surface area contributed by atoms with Crippen molar-refractivity contribution in [3.8, 4) is 0 Å². The van der Waals surface area contributed by atoms with Gasteiger partial charge in [-0.05, 0) is 31.2 Å². The first-order valence-corrected chi connectivity index (χ1v) is 10.7. The number of carbonyl (C=O) groups excluding carboxylic acids is 1. The minimum absolute atomic E-state index is 0.00903. The second-order valence-electron chi connectivity index (χ2n) is 7.52. The standard InChI is InChI=1S/C21H22N4O4S/c1-23(12-14-6-2-4-8-16(14)25(28)29)18(26)10-11-24-13-22-20-19(21(24)27)15-7-3-5-9-17(15)30-20/h2,4,6,8,13H,3,5,7,9-12H2,1H3. The first kappa shape index (κ1) is 20.2. The molecule has 0 aliphatic heterocycles. The van der Waals surface area contributed by atoms with Crippen molar-refractivity contribution in [2.45, 2.75) is 45.2 Å². The molecule has 4 rings (SSSR count). The summed E-state index contributed by atoms with van der Waals surface area (Å²) in [4.78, 5) is 44.2. The number of rotatable bonds is 6. The largest absolute Gasteiger partial charge is 0.341 e. The van der Waals surface area contributed by atoms with Gasteiger partial charge in [0.1, 0.15) is 4.83 Å². The number of thiophene rings is 1. The number of nitrogens with zero attached hydrogens (tertiary/aromatic N) is 4. The molecule has 9 heteroatoms. The van der Waals surface area contributed by atoms with E-state index in [-0.39, 0.29) is 36.7 Å². The highest BCUT2D eigenvalue weighted by Gasteiger charge is 2.21. The van der Waals surface area contributed by atoms with Crippen molar-refractivity contribution in [3.63, 3.8) is 0 Å². The number of nitro benzene ring substituents is 1. The maximum absolute atomic E-state index is 13.0. The van der Waals surface area contributed by atoms with Crippen LogP contribution in [0.4, 0.5) is 5.69 Å². The Morgan fingerprint density at radius 3 is 2.87 bits per heavy atom. The first-order valence-electron chi connectivity index (χ1n) is 9.91. The number of benzene rings is 1. The van der Waals surface area contributed by atoms with Gasteiger partial charge in [0.25, 0.3) is 11.2 Å². The molecule has 1 aromatic carbocycles. The lowest BCUT2D eigenvalue weighted by Gasteiger charge is -2.17. The van der Waals surface area contributed by atoms with E-state index < -0.39 is 4.92 Å². The summed E-state index contributed by atoms with van der Waals surface area (Å²) >= 11 is 1.60. The van der Waals surface area contributed by atoms with Crippen LogP contribution in [-0.2, 0) is 30.7 Å². The van der Waals surface area contributed by atoms with Crippen LogP contribution in [0, 0.1) is 10.1 Å². The summed E-state index contributed by atoms with van der Waals surface area (Å²) in [5.41, 5.74) is 1.51. The number of carbonyl (C=O) groups is 1. The van der Waals surface area contributed by atoms with Gasteiger partial charge in [-0.3, -0.25) is 24.3 Å². The molecule has 156 valence electrons. The Kier molecular flexibility index (Phi) is 5.63. The van der Waals surface area contributed by atoms with Crippen LogP contribution in [0.25, 0.3) is 10.2 Å². The Labute approximate surface area is 176 Å². The van der Waals surface area contributed by atoms with E-state index in [0.29, 0.717) is 10.9 Å². The second kappa shape index (κ2) is 8.35. The van der Waals surface area contributed by atoms with E-state index in [0.717, 1.165) is 36.1 Å². The molecule has 0 radical (unpaired) electrons. The molecule has 1 aliphatic rings.